The highest BCUT2D eigenvalue weighted by Gasteiger charge is 2.12. The van der Waals surface area contributed by atoms with Gasteiger partial charge in [-0.3, -0.25) is 9.59 Å². The molecular formula is C14H11BrN2O4. The van der Waals surface area contributed by atoms with Crippen LogP contribution in [0, 0.1) is 0 Å². The third-order valence-corrected chi connectivity index (χ3v) is 3.52. The molecule has 7 heteroatoms. The molecule has 1 aromatic carbocycles. The number of nitrogens with one attached hydrogen (secondary N) is 1. The van der Waals surface area contributed by atoms with E-state index in [1.165, 1.54) is 41.1 Å². The van der Waals surface area contributed by atoms with Gasteiger partial charge in [-0.25, -0.2) is 4.79 Å². The molecule has 108 valence electrons. The van der Waals surface area contributed by atoms with Gasteiger partial charge >= 0.3 is 5.97 Å². The average molecular weight is 351 g/mol. The Morgan fingerprint density at radius 3 is 2.52 bits per heavy atom. The number of carbonyl (C=O) groups excluding carboxylic acids is 1. The summed E-state index contributed by atoms with van der Waals surface area (Å²) in [6.07, 6.45) is 1.49. The molecule has 1 heterocycles. The summed E-state index contributed by atoms with van der Waals surface area (Å²) < 4.78 is 1.89. The summed E-state index contributed by atoms with van der Waals surface area (Å²) in [4.78, 5) is 34.5. The first-order valence-corrected chi connectivity index (χ1v) is 6.68. The van der Waals surface area contributed by atoms with E-state index in [-0.39, 0.29) is 16.7 Å². The van der Waals surface area contributed by atoms with Crippen LogP contribution in [0.5, 0.6) is 0 Å². The minimum absolute atomic E-state index is 0.0532. The monoisotopic (exact) mass is 350 g/mol. The van der Waals surface area contributed by atoms with E-state index in [0.29, 0.717) is 10.2 Å². The van der Waals surface area contributed by atoms with E-state index in [2.05, 4.69) is 21.2 Å². The standard InChI is InChI=1S/C14H11BrN2O4/c1-17-5-4-8(7-12(17)18)13(19)16-11-6-9(14(20)21)2-3-10(11)15/h2-7H,1H3,(H,16,19)(H,20,21). The summed E-state index contributed by atoms with van der Waals surface area (Å²) in [5.74, 6) is -1.58. The van der Waals surface area contributed by atoms with Gasteiger partial charge in [-0.2, -0.15) is 0 Å². The lowest BCUT2D eigenvalue weighted by atomic mass is 10.2. The largest absolute Gasteiger partial charge is 0.478 e. The number of benzene rings is 1. The average Bonchev–Trinajstić information content (AvgIpc) is 2.43. The van der Waals surface area contributed by atoms with Gasteiger partial charge in [0.2, 0.25) is 0 Å². The van der Waals surface area contributed by atoms with Crippen LogP contribution in [-0.4, -0.2) is 21.6 Å². The molecule has 0 aliphatic rings. The highest BCUT2D eigenvalue weighted by Crippen LogP contribution is 2.24. The van der Waals surface area contributed by atoms with E-state index in [1.807, 2.05) is 0 Å². The molecular weight excluding hydrogens is 340 g/mol. The second-order valence-electron chi connectivity index (χ2n) is 4.32. The number of rotatable bonds is 3. The van der Waals surface area contributed by atoms with Crippen molar-refractivity contribution < 1.29 is 14.7 Å². The molecule has 6 nitrogen and oxygen atoms in total. The van der Waals surface area contributed by atoms with Gasteiger partial charge < -0.3 is 15.0 Å². The minimum Gasteiger partial charge on any atom is -0.478 e. The van der Waals surface area contributed by atoms with Crippen molar-refractivity contribution in [3.8, 4) is 0 Å². The number of hydrogen-bond acceptors (Lipinski definition) is 3. The first-order valence-electron chi connectivity index (χ1n) is 5.89. The first-order chi connectivity index (χ1) is 9.88. The van der Waals surface area contributed by atoms with Gasteiger partial charge in [0, 0.05) is 29.3 Å². The number of nitrogens with zero attached hydrogens (tertiary/aromatic N) is 1. The summed E-state index contributed by atoms with van der Waals surface area (Å²) in [6, 6.07) is 7.00. The van der Waals surface area contributed by atoms with Crippen molar-refractivity contribution in [3.05, 3.63) is 62.5 Å². The quantitative estimate of drug-likeness (QED) is 0.886. The van der Waals surface area contributed by atoms with Crippen LogP contribution in [0.2, 0.25) is 0 Å². The summed E-state index contributed by atoms with van der Waals surface area (Å²) in [7, 11) is 1.58. The smallest absolute Gasteiger partial charge is 0.335 e. The summed E-state index contributed by atoms with van der Waals surface area (Å²) in [6.45, 7) is 0. The predicted octanol–water partition coefficient (Wildman–Crippen LogP) is 2.10. The summed E-state index contributed by atoms with van der Waals surface area (Å²) in [5.41, 5.74) is 0.268. The lowest BCUT2D eigenvalue weighted by Crippen LogP contribution is -2.20. The highest BCUT2D eigenvalue weighted by molar-refractivity contribution is 9.10. The zero-order valence-corrected chi connectivity index (χ0v) is 12.5. The molecule has 0 spiro atoms. The fourth-order valence-electron chi connectivity index (χ4n) is 1.64. The van der Waals surface area contributed by atoms with Crippen LogP contribution < -0.4 is 10.9 Å². The molecule has 0 atom stereocenters. The molecule has 2 aromatic rings. The van der Waals surface area contributed by atoms with Crippen molar-refractivity contribution in [2.75, 3.05) is 5.32 Å². The lowest BCUT2D eigenvalue weighted by molar-refractivity contribution is 0.0696. The molecule has 1 amide bonds. The Kier molecular flexibility index (Phi) is 4.23. The van der Waals surface area contributed by atoms with E-state index < -0.39 is 11.9 Å². The third kappa shape index (κ3) is 3.38. The number of amides is 1. The van der Waals surface area contributed by atoms with Gasteiger partial charge in [0.15, 0.2) is 0 Å². The zero-order valence-electron chi connectivity index (χ0n) is 11.0. The van der Waals surface area contributed by atoms with Gasteiger partial charge in [0.25, 0.3) is 11.5 Å². The van der Waals surface area contributed by atoms with Crippen LogP contribution in [0.25, 0.3) is 0 Å². The molecule has 0 saturated carbocycles. The number of carboxylic acid groups (broad SMARTS) is 1. The second-order valence-corrected chi connectivity index (χ2v) is 5.17. The zero-order chi connectivity index (χ0) is 15.6. The molecule has 2 N–H and O–H groups in total. The minimum atomic E-state index is -1.09. The van der Waals surface area contributed by atoms with Gasteiger partial charge in [0.1, 0.15) is 0 Å². The maximum atomic E-state index is 12.1. The molecule has 0 fully saturated rings. The van der Waals surface area contributed by atoms with Crippen molar-refractivity contribution in [2.45, 2.75) is 0 Å². The van der Waals surface area contributed by atoms with Gasteiger partial charge in [-0.05, 0) is 40.2 Å². The Labute approximate surface area is 128 Å². The van der Waals surface area contributed by atoms with Crippen molar-refractivity contribution in [1.29, 1.82) is 0 Å². The lowest BCUT2D eigenvalue weighted by Gasteiger charge is -2.08. The Bertz CT molecular complexity index is 783. The fraction of sp³-hybridized carbons (Fsp3) is 0.0714. The van der Waals surface area contributed by atoms with E-state index in [1.54, 1.807) is 7.05 Å². The molecule has 0 unspecified atom stereocenters. The number of aromatic nitrogens is 1. The molecule has 0 aliphatic carbocycles. The number of halogens is 1. The van der Waals surface area contributed by atoms with E-state index >= 15 is 0 Å². The number of carboxylic acids is 1. The predicted molar refractivity (Wildman–Crippen MR) is 80.7 cm³/mol. The van der Waals surface area contributed by atoms with Crippen LogP contribution in [0.3, 0.4) is 0 Å². The van der Waals surface area contributed by atoms with E-state index in [9.17, 15) is 14.4 Å². The molecule has 21 heavy (non-hydrogen) atoms. The van der Waals surface area contributed by atoms with Crippen LogP contribution >= 0.6 is 15.9 Å². The number of anilines is 1. The molecule has 0 radical (unpaired) electrons. The maximum absolute atomic E-state index is 12.1. The maximum Gasteiger partial charge on any atom is 0.335 e. The number of pyridine rings is 1. The summed E-state index contributed by atoms with van der Waals surface area (Å²) in [5, 5.41) is 11.5. The topological polar surface area (TPSA) is 88.4 Å². The van der Waals surface area contributed by atoms with Crippen molar-refractivity contribution >= 4 is 33.5 Å². The van der Waals surface area contributed by atoms with Crippen LogP contribution in [0.4, 0.5) is 5.69 Å². The van der Waals surface area contributed by atoms with Crippen molar-refractivity contribution in [3.63, 3.8) is 0 Å². The number of hydrogen-bond donors (Lipinski definition) is 2. The van der Waals surface area contributed by atoms with Crippen molar-refractivity contribution in [2.24, 2.45) is 7.05 Å². The van der Waals surface area contributed by atoms with E-state index in [0.717, 1.165) is 0 Å². The van der Waals surface area contributed by atoms with Gasteiger partial charge in [0.05, 0.1) is 11.3 Å². The molecule has 1 aromatic heterocycles. The number of aryl methyl sites for hydroxylation is 1. The Morgan fingerprint density at radius 1 is 1.19 bits per heavy atom. The van der Waals surface area contributed by atoms with Gasteiger partial charge in [-0.15, -0.1) is 0 Å². The first kappa shape index (κ1) is 15.0. The molecule has 0 saturated heterocycles. The number of carbonyl (C=O) groups is 2. The SMILES string of the molecule is Cn1ccc(C(=O)Nc2cc(C(=O)O)ccc2Br)cc1=O. The Hall–Kier alpha value is -2.41. The Balaban J connectivity index is 2.30. The summed E-state index contributed by atoms with van der Waals surface area (Å²) >= 11 is 3.23. The fourth-order valence-corrected chi connectivity index (χ4v) is 1.98. The van der Waals surface area contributed by atoms with Crippen molar-refractivity contribution in [1.82, 2.24) is 4.57 Å². The van der Waals surface area contributed by atoms with Crippen LogP contribution in [0.1, 0.15) is 20.7 Å². The van der Waals surface area contributed by atoms with Crippen LogP contribution in [0.15, 0.2) is 45.8 Å². The third-order valence-electron chi connectivity index (χ3n) is 2.83. The van der Waals surface area contributed by atoms with Crippen LogP contribution in [-0.2, 0) is 7.05 Å². The second kappa shape index (κ2) is 5.92. The molecule has 0 bridgehead atoms. The number of aromatic carboxylic acids is 1. The van der Waals surface area contributed by atoms with Gasteiger partial charge in [-0.1, -0.05) is 0 Å². The molecule has 0 aliphatic heterocycles. The highest BCUT2D eigenvalue weighted by atomic mass is 79.9. The normalized spacial score (nSPS) is 10.2. The van der Waals surface area contributed by atoms with E-state index in [4.69, 9.17) is 5.11 Å². The molecule has 2 rings (SSSR count). The Morgan fingerprint density at radius 2 is 1.90 bits per heavy atom.